The van der Waals surface area contributed by atoms with Gasteiger partial charge in [-0.15, -0.1) is 0 Å². The Morgan fingerprint density at radius 1 is 1.28 bits per heavy atom. The molecule has 0 aliphatic heterocycles. The number of aryl methyl sites for hydroxylation is 2. The monoisotopic (exact) mass is 246 g/mol. The lowest BCUT2D eigenvalue weighted by Crippen LogP contribution is -2.05. The molecule has 2 rings (SSSR count). The largest absolute Gasteiger partial charge is 0.459 e. The number of carbonyl (C=O) groups excluding carboxylic acids is 1. The Hall–Kier alpha value is -2.17. The van der Waals surface area contributed by atoms with E-state index in [1.54, 1.807) is 6.92 Å². The van der Waals surface area contributed by atoms with Crippen molar-refractivity contribution in [3.8, 4) is 0 Å². The zero-order valence-electron chi connectivity index (χ0n) is 10.1. The minimum atomic E-state index is -0.573. The highest BCUT2D eigenvalue weighted by atomic mass is 16.6. The molecule has 0 unspecified atom stereocenters. The Morgan fingerprint density at radius 3 is 2.78 bits per heavy atom. The summed E-state index contributed by atoms with van der Waals surface area (Å²) in [5, 5.41) is 3.75. The molecule has 0 aliphatic rings. The molecule has 0 fully saturated rings. The summed E-state index contributed by atoms with van der Waals surface area (Å²) in [5.74, 6) is -0.141. The topological polar surface area (TPSA) is 65.2 Å². The molecule has 0 saturated heterocycles. The molecule has 5 nitrogen and oxygen atoms in total. The maximum absolute atomic E-state index is 11.3. The molecule has 5 heteroatoms. The normalized spacial score (nSPS) is 10.3. The van der Waals surface area contributed by atoms with Gasteiger partial charge in [0.05, 0.1) is 6.61 Å². The van der Waals surface area contributed by atoms with E-state index in [1.807, 2.05) is 30.3 Å². The Balaban J connectivity index is 1.93. The van der Waals surface area contributed by atoms with Crippen LogP contribution in [0.15, 0.2) is 34.9 Å². The van der Waals surface area contributed by atoms with Gasteiger partial charge in [-0.1, -0.05) is 35.5 Å². The van der Waals surface area contributed by atoms with Crippen molar-refractivity contribution in [2.75, 3.05) is 6.61 Å². The van der Waals surface area contributed by atoms with E-state index in [2.05, 4.69) is 10.1 Å². The van der Waals surface area contributed by atoms with E-state index in [-0.39, 0.29) is 5.89 Å². The summed E-state index contributed by atoms with van der Waals surface area (Å²) in [7, 11) is 0. The van der Waals surface area contributed by atoms with Crippen molar-refractivity contribution < 1.29 is 14.1 Å². The average Bonchev–Trinajstić information content (AvgIpc) is 2.87. The van der Waals surface area contributed by atoms with Crippen LogP contribution >= 0.6 is 0 Å². The van der Waals surface area contributed by atoms with E-state index in [0.717, 1.165) is 6.42 Å². The van der Waals surface area contributed by atoms with Crippen molar-refractivity contribution in [2.45, 2.75) is 19.8 Å². The van der Waals surface area contributed by atoms with Crippen LogP contribution in [-0.2, 0) is 17.6 Å². The summed E-state index contributed by atoms with van der Waals surface area (Å²) in [6, 6.07) is 10.0. The molecule has 1 heterocycles. The lowest BCUT2D eigenvalue weighted by Gasteiger charge is -1.96. The summed E-state index contributed by atoms with van der Waals surface area (Å²) in [6.07, 6.45) is 1.44. The summed E-state index contributed by atoms with van der Waals surface area (Å²) in [4.78, 5) is 15.3. The molecular formula is C13H14N2O3. The summed E-state index contributed by atoms with van der Waals surface area (Å²) in [5.41, 5.74) is 1.19. The van der Waals surface area contributed by atoms with E-state index in [9.17, 15) is 4.79 Å². The van der Waals surface area contributed by atoms with E-state index in [0.29, 0.717) is 18.9 Å². The minimum Gasteiger partial charge on any atom is -0.459 e. The Morgan fingerprint density at radius 2 is 2.06 bits per heavy atom. The maximum Gasteiger partial charge on any atom is 0.397 e. The number of rotatable bonds is 5. The fourth-order valence-corrected chi connectivity index (χ4v) is 1.53. The summed E-state index contributed by atoms with van der Waals surface area (Å²) >= 11 is 0. The first-order valence-electron chi connectivity index (χ1n) is 5.83. The Kier molecular flexibility index (Phi) is 4.06. The number of benzene rings is 1. The van der Waals surface area contributed by atoms with Gasteiger partial charge in [0.1, 0.15) is 0 Å². The quantitative estimate of drug-likeness (QED) is 0.755. The first-order chi connectivity index (χ1) is 8.79. The molecule has 0 aliphatic carbocycles. The molecule has 0 saturated carbocycles. The van der Waals surface area contributed by atoms with Gasteiger partial charge in [-0.05, 0) is 18.9 Å². The second kappa shape index (κ2) is 5.95. The standard InChI is InChI=1S/C13H14N2O3/c1-2-17-13(16)12-14-11(15-18-12)9-8-10-6-4-3-5-7-10/h3-7H,2,8-9H2,1H3. The highest BCUT2D eigenvalue weighted by Crippen LogP contribution is 2.05. The van der Waals surface area contributed by atoms with Gasteiger partial charge in [-0.2, -0.15) is 4.98 Å². The van der Waals surface area contributed by atoms with Crippen LogP contribution in [0.1, 0.15) is 29.0 Å². The fraction of sp³-hybridized carbons (Fsp3) is 0.308. The predicted octanol–water partition coefficient (Wildman–Crippen LogP) is 2.03. The fourth-order valence-electron chi connectivity index (χ4n) is 1.53. The van der Waals surface area contributed by atoms with Crippen LogP contribution in [0.2, 0.25) is 0 Å². The molecule has 0 amide bonds. The van der Waals surface area contributed by atoms with Crippen molar-refractivity contribution in [3.63, 3.8) is 0 Å². The van der Waals surface area contributed by atoms with Crippen molar-refractivity contribution in [3.05, 3.63) is 47.6 Å². The molecule has 0 atom stereocenters. The van der Waals surface area contributed by atoms with Gasteiger partial charge in [0.15, 0.2) is 5.82 Å². The predicted molar refractivity (Wildman–Crippen MR) is 64.1 cm³/mol. The van der Waals surface area contributed by atoms with E-state index >= 15 is 0 Å². The second-order valence-corrected chi connectivity index (χ2v) is 3.72. The van der Waals surface area contributed by atoms with Crippen LogP contribution in [0.5, 0.6) is 0 Å². The van der Waals surface area contributed by atoms with Crippen molar-refractivity contribution >= 4 is 5.97 Å². The average molecular weight is 246 g/mol. The number of hydrogen-bond donors (Lipinski definition) is 0. The molecule has 1 aromatic carbocycles. The molecule has 0 spiro atoms. The zero-order valence-corrected chi connectivity index (χ0v) is 10.1. The number of hydrogen-bond acceptors (Lipinski definition) is 5. The molecule has 94 valence electrons. The summed E-state index contributed by atoms with van der Waals surface area (Å²) < 4.78 is 9.60. The van der Waals surface area contributed by atoms with Gasteiger partial charge >= 0.3 is 11.9 Å². The van der Waals surface area contributed by atoms with Crippen LogP contribution in [0.3, 0.4) is 0 Å². The van der Waals surface area contributed by atoms with Crippen LogP contribution in [0.4, 0.5) is 0 Å². The van der Waals surface area contributed by atoms with E-state index in [4.69, 9.17) is 9.26 Å². The number of esters is 1. The van der Waals surface area contributed by atoms with Crippen LogP contribution in [0.25, 0.3) is 0 Å². The Labute approximate surface area is 105 Å². The smallest absolute Gasteiger partial charge is 0.397 e. The number of nitrogens with zero attached hydrogens (tertiary/aromatic N) is 2. The highest BCUT2D eigenvalue weighted by molar-refractivity contribution is 5.83. The number of carbonyl (C=O) groups is 1. The third-order valence-electron chi connectivity index (χ3n) is 2.40. The zero-order chi connectivity index (χ0) is 12.8. The van der Waals surface area contributed by atoms with Gasteiger partial charge in [0.25, 0.3) is 0 Å². The molecule has 0 radical (unpaired) electrons. The van der Waals surface area contributed by atoms with E-state index < -0.39 is 5.97 Å². The minimum absolute atomic E-state index is 0.0834. The van der Waals surface area contributed by atoms with E-state index in [1.165, 1.54) is 5.56 Å². The maximum atomic E-state index is 11.3. The molecular weight excluding hydrogens is 232 g/mol. The Bertz CT molecular complexity index is 508. The lowest BCUT2D eigenvalue weighted by molar-refractivity contribution is 0.0470. The van der Waals surface area contributed by atoms with Gasteiger partial charge in [0, 0.05) is 6.42 Å². The third-order valence-corrected chi connectivity index (χ3v) is 2.40. The van der Waals surface area contributed by atoms with Crippen LogP contribution in [-0.4, -0.2) is 22.7 Å². The van der Waals surface area contributed by atoms with Crippen molar-refractivity contribution in [1.82, 2.24) is 10.1 Å². The molecule has 1 aromatic heterocycles. The van der Waals surface area contributed by atoms with Gasteiger partial charge in [0.2, 0.25) is 0 Å². The lowest BCUT2D eigenvalue weighted by atomic mass is 10.1. The number of ether oxygens (including phenoxy) is 1. The van der Waals surface area contributed by atoms with Gasteiger partial charge in [-0.25, -0.2) is 4.79 Å². The molecule has 18 heavy (non-hydrogen) atoms. The first-order valence-corrected chi connectivity index (χ1v) is 5.83. The first kappa shape index (κ1) is 12.3. The highest BCUT2D eigenvalue weighted by Gasteiger charge is 2.15. The van der Waals surface area contributed by atoms with Crippen LogP contribution in [0, 0.1) is 0 Å². The second-order valence-electron chi connectivity index (χ2n) is 3.72. The SMILES string of the molecule is CCOC(=O)c1nc(CCc2ccccc2)no1. The molecule has 0 N–H and O–H groups in total. The molecule has 0 bridgehead atoms. The molecule has 2 aromatic rings. The van der Waals surface area contributed by atoms with Crippen LogP contribution < -0.4 is 0 Å². The van der Waals surface area contributed by atoms with Crippen molar-refractivity contribution in [1.29, 1.82) is 0 Å². The van der Waals surface area contributed by atoms with Crippen molar-refractivity contribution in [2.24, 2.45) is 0 Å². The summed E-state index contributed by atoms with van der Waals surface area (Å²) in [6.45, 7) is 2.02. The van der Waals surface area contributed by atoms with Gasteiger partial charge < -0.3 is 9.26 Å². The number of aromatic nitrogens is 2. The van der Waals surface area contributed by atoms with Gasteiger partial charge in [-0.3, -0.25) is 0 Å². The third kappa shape index (κ3) is 3.16.